The van der Waals surface area contributed by atoms with Crippen molar-refractivity contribution in [1.29, 1.82) is 0 Å². The van der Waals surface area contributed by atoms with Gasteiger partial charge in [-0.3, -0.25) is 4.90 Å². The van der Waals surface area contributed by atoms with Crippen molar-refractivity contribution in [1.82, 2.24) is 15.0 Å². The SMILES string of the molecule is Cc1cc(CN2CCN(c3cc(-c4ccccc4)c4ccccc4n3)CC2)no1. The third-order valence-electron chi connectivity index (χ3n) is 5.55. The molecule has 0 unspecified atom stereocenters. The minimum absolute atomic E-state index is 0.839. The molecule has 1 fully saturated rings. The Morgan fingerprint density at radius 3 is 2.41 bits per heavy atom. The van der Waals surface area contributed by atoms with Crippen LogP contribution in [0.5, 0.6) is 0 Å². The molecule has 1 saturated heterocycles. The fourth-order valence-corrected chi connectivity index (χ4v) is 4.04. The van der Waals surface area contributed by atoms with Crippen molar-refractivity contribution in [3.05, 3.63) is 78.2 Å². The van der Waals surface area contributed by atoms with Crippen LogP contribution in [0.4, 0.5) is 5.82 Å². The van der Waals surface area contributed by atoms with Gasteiger partial charge in [0.15, 0.2) is 0 Å². The fourth-order valence-electron chi connectivity index (χ4n) is 4.04. The van der Waals surface area contributed by atoms with Gasteiger partial charge in [0.2, 0.25) is 0 Å². The van der Waals surface area contributed by atoms with Crippen LogP contribution in [0.2, 0.25) is 0 Å². The first kappa shape index (κ1) is 17.9. The van der Waals surface area contributed by atoms with Gasteiger partial charge in [0.05, 0.1) is 11.2 Å². The third-order valence-corrected chi connectivity index (χ3v) is 5.55. The van der Waals surface area contributed by atoms with Gasteiger partial charge in [-0.2, -0.15) is 0 Å². The van der Waals surface area contributed by atoms with Gasteiger partial charge in [0.1, 0.15) is 11.6 Å². The highest BCUT2D eigenvalue weighted by molar-refractivity contribution is 5.96. The van der Waals surface area contributed by atoms with E-state index in [0.717, 1.165) is 55.5 Å². The molecule has 5 rings (SSSR count). The number of aryl methyl sites for hydroxylation is 1. The smallest absolute Gasteiger partial charge is 0.133 e. The molecule has 5 heteroatoms. The zero-order valence-electron chi connectivity index (χ0n) is 16.6. The van der Waals surface area contributed by atoms with Crippen molar-refractivity contribution in [2.24, 2.45) is 0 Å². The number of para-hydroxylation sites is 1. The molecule has 0 N–H and O–H groups in total. The van der Waals surface area contributed by atoms with E-state index >= 15 is 0 Å². The quantitative estimate of drug-likeness (QED) is 0.518. The molecular formula is C24H24N4O. The van der Waals surface area contributed by atoms with Gasteiger partial charge in [-0.15, -0.1) is 0 Å². The second-order valence-corrected chi connectivity index (χ2v) is 7.60. The zero-order valence-corrected chi connectivity index (χ0v) is 16.6. The van der Waals surface area contributed by atoms with Crippen LogP contribution in [0.15, 0.2) is 71.3 Å². The molecule has 0 bridgehead atoms. The molecule has 3 heterocycles. The fraction of sp³-hybridized carbons (Fsp3) is 0.250. The van der Waals surface area contributed by atoms with E-state index in [4.69, 9.17) is 9.51 Å². The van der Waals surface area contributed by atoms with Gasteiger partial charge >= 0.3 is 0 Å². The molecule has 146 valence electrons. The first-order chi connectivity index (χ1) is 14.3. The average Bonchev–Trinajstić information content (AvgIpc) is 3.18. The van der Waals surface area contributed by atoms with Crippen molar-refractivity contribution >= 4 is 16.7 Å². The predicted molar refractivity (Wildman–Crippen MR) is 116 cm³/mol. The molecule has 5 nitrogen and oxygen atoms in total. The number of fused-ring (bicyclic) bond motifs is 1. The summed E-state index contributed by atoms with van der Waals surface area (Å²) in [6.45, 7) is 6.66. The van der Waals surface area contributed by atoms with E-state index in [-0.39, 0.29) is 0 Å². The zero-order chi connectivity index (χ0) is 19.6. The Labute approximate surface area is 170 Å². The van der Waals surface area contributed by atoms with E-state index in [1.807, 2.05) is 13.0 Å². The summed E-state index contributed by atoms with van der Waals surface area (Å²) in [4.78, 5) is 9.79. The van der Waals surface area contributed by atoms with Crippen LogP contribution < -0.4 is 4.90 Å². The number of rotatable bonds is 4. The topological polar surface area (TPSA) is 45.4 Å². The second kappa shape index (κ2) is 7.68. The van der Waals surface area contributed by atoms with Gasteiger partial charge in [0, 0.05) is 44.2 Å². The number of piperazine rings is 1. The maximum Gasteiger partial charge on any atom is 0.133 e. The van der Waals surface area contributed by atoms with Crippen LogP contribution in [0.3, 0.4) is 0 Å². The highest BCUT2D eigenvalue weighted by Gasteiger charge is 2.20. The largest absolute Gasteiger partial charge is 0.361 e. The highest BCUT2D eigenvalue weighted by Crippen LogP contribution is 2.31. The first-order valence-corrected chi connectivity index (χ1v) is 10.1. The summed E-state index contributed by atoms with van der Waals surface area (Å²) in [5, 5.41) is 5.32. The number of hydrogen-bond donors (Lipinski definition) is 0. The molecule has 0 spiro atoms. The Balaban J connectivity index is 1.39. The highest BCUT2D eigenvalue weighted by atomic mass is 16.5. The minimum atomic E-state index is 0.839. The molecule has 4 aromatic rings. The predicted octanol–water partition coefficient (Wildman–Crippen LogP) is 4.52. The summed E-state index contributed by atoms with van der Waals surface area (Å²) in [5.41, 5.74) is 4.52. The maximum atomic E-state index is 5.20. The van der Waals surface area contributed by atoms with E-state index in [0.29, 0.717) is 0 Å². The van der Waals surface area contributed by atoms with E-state index in [9.17, 15) is 0 Å². The molecule has 0 aliphatic carbocycles. The number of aromatic nitrogens is 2. The lowest BCUT2D eigenvalue weighted by molar-refractivity contribution is 0.241. The molecule has 2 aromatic heterocycles. The molecule has 1 aliphatic rings. The lowest BCUT2D eigenvalue weighted by Crippen LogP contribution is -2.46. The molecule has 0 radical (unpaired) electrons. The number of benzene rings is 2. The van der Waals surface area contributed by atoms with Gasteiger partial charge in [0.25, 0.3) is 0 Å². The molecule has 0 amide bonds. The van der Waals surface area contributed by atoms with Crippen molar-refractivity contribution in [2.75, 3.05) is 31.1 Å². The summed E-state index contributed by atoms with van der Waals surface area (Å²) in [7, 11) is 0. The Morgan fingerprint density at radius 2 is 1.66 bits per heavy atom. The van der Waals surface area contributed by atoms with E-state index in [1.54, 1.807) is 0 Å². The Hall–Kier alpha value is -3.18. The van der Waals surface area contributed by atoms with Crippen molar-refractivity contribution in [2.45, 2.75) is 13.5 Å². The Morgan fingerprint density at radius 1 is 0.897 bits per heavy atom. The molecule has 1 aliphatic heterocycles. The molecule has 0 atom stereocenters. The lowest BCUT2D eigenvalue weighted by atomic mass is 10.0. The van der Waals surface area contributed by atoms with Crippen LogP contribution in [-0.4, -0.2) is 41.2 Å². The number of pyridine rings is 1. The maximum absolute atomic E-state index is 5.20. The van der Waals surface area contributed by atoms with Crippen LogP contribution >= 0.6 is 0 Å². The summed E-state index contributed by atoms with van der Waals surface area (Å²) in [6.07, 6.45) is 0. The monoisotopic (exact) mass is 384 g/mol. The third kappa shape index (κ3) is 3.74. The van der Waals surface area contributed by atoms with Crippen LogP contribution in [0.25, 0.3) is 22.0 Å². The molecule has 29 heavy (non-hydrogen) atoms. The minimum Gasteiger partial charge on any atom is -0.361 e. The van der Waals surface area contributed by atoms with Gasteiger partial charge in [-0.05, 0) is 30.2 Å². The summed E-state index contributed by atoms with van der Waals surface area (Å²) in [6, 6.07) is 23.3. The number of anilines is 1. The van der Waals surface area contributed by atoms with Crippen molar-refractivity contribution in [3.63, 3.8) is 0 Å². The van der Waals surface area contributed by atoms with Gasteiger partial charge < -0.3 is 9.42 Å². The van der Waals surface area contributed by atoms with Crippen molar-refractivity contribution < 1.29 is 4.52 Å². The lowest BCUT2D eigenvalue weighted by Gasteiger charge is -2.35. The Kier molecular flexibility index (Phi) is 4.74. The summed E-state index contributed by atoms with van der Waals surface area (Å²) in [5.74, 6) is 1.92. The first-order valence-electron chi connectivity index (χ1n) is 10.1. The van der Waals surface area contributed by atoms with Crippen LogP contribution in [0, 0.1) is 6.92 Å². The Bertz CT molecular complexity index is 1110. The standard InChI is InChI=1S/C24H24N4O/c1-18-15-20(26-29-18)17-27-11-13-28(14-12-27)24-16-22(19-7-3-2-4-8-19)21-9-5-6-10-23(21)25-24/h2-10,15-16H,11-14,17H2,1H3. The van der Waals surface area contributed by atoms with E-state index in [2.05, 4.69) is 75.6 Å². The average molecular weight is 384 g/mol. The summed E-state index contributed by atoms with van der Waals surface area (Å²) < 4.78 is 5.20. The van der Waals surface area contributed by atoms with Gasteiger partial charge in [-0.1, -0.05) is 53.7 Å². The normalized spacial score (nSPS) is 15.1. The number of hydrogen-bond acceptors (Lipinski definition) is 5. The molecular weight excluding hydrogens is 360 g/mol. The van der Waals surface area contributed by atoms with E-state index in [1.165, 1.54) is 16.5 Å². The van der Waals surface area contributed by atoms with Gasteiger partial charge in [-0.25, -0.2) is 4.98 Å². The molecule has 2 aromatic carbocycles. The second-order valence-electron chi connectivity index (χ2n) is 7.60. The number of nitrogens with zero attached hydrogens (tertiary/aromatic N) is 4. The van der Waals surface area contributed by atoms with Crippen molar-refractivity contribution in [3.8, 4) is 11.1 Å². The van der Waals surface area contributed by atoms with E-state index < -0.39 is 0 Å². The molecule has 0 saturated carbocycles. The van der Waals surface area contributed by atoms with Crippen LogP contribution in [0.1, 0.15) is 11.5 Å². The summed E-state index contributed by atoms with van der Waals surface area (Å²) >= 11 is 0. The van der Waals surface area contributed by atoms with Crippen LogP contribution in [-0.2, 0) is 6.54 Å².